The van der Waals surface area contributed by atoms with Crippen LogP contribution in [-0.2, 0) is 17.8 Å². The van der Waals surface area contributed by atoms with Gasteiger partial charge in [0.2, 0.25) is 0 Å². The molecule has 4 heterocycles. The second-order valence-corrected chi connectivity index (χ2v) is 8.46. The molecule has 3 aliphatic rings. The zero-order valence-corrected chi connectivity index (χ0v) is 17.2. The Morgan fingerprint density at radius 1 is 1.07 bits per heavy atom. The van der Waals surface area contributed by atoms with Gasteiger partial charge in [-0.05, 0) is 35.8 Å². The average molecular weight is 409 g/mol. The summed E-state index contributed by atoms with van der Waals surface area (Å²) in [5, 5.41) is 0. The summed E-state index contributed by atoms with van der Waals surface area (Å²) in [4.78, 5) is 26.4. The molecule has 3 fully saturated rings. The van der Waals surface area contributed by atoms with Crippen LogP contribution in [0.1, 0.15) is 24.0 Å². The number of nitrogens with one attached hydrogen (secondary N) is 1. The SMILES string of the molecule is COCCOc1ncc2[nH]c(=O)n(Cc3ccc(CN4CC5CC(C5)C4)cc3)c2n1. The fraction of sp³-hybridized carbons (Fsp3) is 0.500. The number of methoxy groups -OCH3 is 1. The first kappa shape index (κ1) is 19.3. The van der Waals surface area contributed by atoms with E-state index in [1.54, 1.807) is 17.9 Å². The Morgan fingerprint density at radius 3 is 2.47 bits per heavy atom. The minimum Gasteiger partial charge on any atom is -0.461 e. The van der Waals surface area contributed by atoms with Crippen LogP contribution in [0.15, 0.2) is 35.3 Å². The third kappa shape index (κ3) is 3.97. The van der Waals surface area contributed by atoms with Crippen molar-refractivity contribution in [3.63, 3.8) is 0 Å². The summed E-state index contributed by atoms with van der Waals surface area (Å²) in [5.41, 5.74) is 3.31. The highest BCUT2D eigenvalue weighted by Crippen LogP contribution is 2.39. The largest absolute Gasteiger partial charge is 0.461 e. The number of rotatable bonds is 8. The van der Waals surface area contributed by atoms with Gasteiger partial charge in [-0.2, -0.15) is 4.98 Å². The van der Waals surface area contributed by atoms with E-state index in [4.69, 9.17) is 9.47 Å². The highest BCUT2D eigenvalue weighted by molar-refractivity contribution is 5.69. The number of aromatic amines is 1. The number of ether oxygens (including phenoxy) is 2. The number of benzene rings is 1. The number of aromatic nitrogens is 4. The standard InChI is InChI=1S/C22H27N5O3/c1-29-6-7-30-21-23-10-19-20(25-21)27(22(28)24-19)14-16-4-2-15(3-5-16)11-26-12-17-8-18(9-17)13-26/h2-5,10,17-18H,6-9,11-14H2,1H3,(H,24,28). The number of hydrogen-bond acceptors (Lipinski definition) is 6. The normalized spacial score (nSPS) is 21.0. The molecule has 0 atom stereocenters. The maximum Gasteiger partial charge on any atom is 0.328 e. The second kappa shape index (κ2) is 8.20. The van der Waals surface area contributed by atoms with E-state index in [2.05, 4.69) is 44.1 Å². The van der Waals surface area contributed by atoms with Gasteiger partial charge >= 0.3 is 11.7 Å². The summed E-state index contributed by atoms with van der Waals surface area (Å²) in [5.74, 6) is 1.84. The Hall–Kier alpha value is -2.71. The highest BCUT2D eigenvalue weighted by Gasteiger charge is 2.36. The number of nitrogens with zero attached hydrogens (tertiary/aromatic N) is 4. The lowest BCUT2D eigenvalue weighted by molar-refractivity contribution is 0.0228. The predicted molar refractivity (Wildman–Crippen MR) is 113 cm³/mol. The molecular formula is C22H27N5O3. The maximum absolute atomic E-state index is 12.5. The molecule has 30 heavy (non-hydrogen) atoms. The molecule has 0 amide bonds. The topological polar surface area (TPSA) is 85.3 Å². The smallest absolute Gasteiger partial charge is 0.328 e. The van der Waals surface area contributed by atoms with Gasteiger partial charge in [-0.1, -0.05) is 24.3 Å². The number of piperidine rings is 2. The predicted octanol–water partition coefficient (Wildman–Crippen LogP) is 2.03. The lowest BCUT2D eigenvalue weighted by atomic mass is 9.71. The molecule has 158 valence electrons. The summed E-state index contributed by atoms with van der Waals surface area (Å²) < 4.78 is 12.1. The first-order valence-electron chi connectivity index (χ1n) is 10.6. The van der Waals surface area contributed by atoms with Crippen LogP contribution in [0.4, 0.5) is 0 Å². The number of H-pyrrole nitrogens is 1. The van der Waals surface area contributed by atoms with Gasteiger partial charge in [0, 0.05) is 26.7 Å². The molecule has 2 bridgehead atoms. The Balaban J connectivity index is 1.29. The summed E-state index contributed by atoms with van der Waals surface area (Å²) in [6.07, 6.45) is 4.43. The Morgan fingerprint density at radius 2 is 1.77 bits per heavy atom. The minimum absolute atomic E-state index is 0.204. The maximum atomic E-state index is 12.5. The molecule has 6 rings (SSSR count). The van der Waals surface area contributed by atoms with Gasteiger partial charge in [0.15, 0.2) is 5.65 Å². The third-order valence-electron chi connectivity index (χ3n) is 6.14. The van der Waals surface area contributed by atoms with E-state index in [-0.39, 0.29) is 11.7 Å². The van der Waals surface area contributed by atoms with Crippen LogP contribution >= 0.6 is 0 Å². The summed E-state index contributed by atoms with van der Waals surface area (Å²) in [6, 6.07) is 8.78. The van der Waals surface area contributed by atoms with E-state index >= 15 is 0 Å². The van der Waals surface area contributed by atoms with Crippen LogP contribution in [0.3, 0.4) is 0 Å². The van der Waals surface area contributed by atoms with Gasteiger partial charge in [0.25, 0.3) is 0 Å². The average Bonchev–Trinajstić information content (AvgIpc) is 3.04. The van der Waals surface area contributed by atoms with Gasteiger partial charge in [-0.3, -0.25) is 9.47 Å². The quantitative estimate of drug-likeness (QED) is 0.573. The van der Waals surface area contributed by atoms with E-state index in [1.165, 1.54) is 31.5 Å². The van der Waals surface area contributed by atoms with Gasteiger partial charge in [0.1, 0.15) is 12.1 Å². The Kier molecular flexibility index (Phi) is 5.26. The molecule has 2 aromatic heterocycles. The number of imidazole rings is 1. The summed E-state index contributed by atoms with van der Waals surface area (Å²) in [6.45, 7) is 4.73. The molecular weight excluding hydrogens is 382 g/mol. The van der Waals surface area contributed by atoms with Crippen LogP contribution in [-0.4, -0.2) is 57.8 Å². The van der Waals surface area contributed by atoms with Crippen molar-refractivity contribution >= 4 is 11.2 Å². The molecule has 1 aromatic carbocycles. The Bertz CT molecular complexity index is 1060. The van der Waals surface area contributed by atoms with Crippen molar-refractivity contribution in [2.24, 2.45) is 11.8 Å². The van der Waals surface area contributed by atoms with Crippen molar-refractivity contribution in [2.75, 3.05) is 33.4 Å². The first-order chi connectivity index (χ1) is 14.7. The second-order valence-electron chi connectivity index (χ2n) is 8.46. The molecule has 1 saturated carbocycles. The van der Waals surface area contributed by atoms with E-state index in [0.717, 1.165) is 23.9 Å². The van der Waals surface area contributed by atoms with E-state index in [9.17, 15) is 4.79 Å². The van der Waals surface area contributed by atoms with Crippen molar-refractivity contribution in [2.45, 2.75) is 25.9 Å². The van der Waals surface area contributed by atoms with Crippen molar-refractivity contribution in [3.8, 4) is 6.01 Å². The third-order valence-corrected chi connectivity index (χ3v) is 6.14. The lowest BCUT2D eigenvalue weighted by Crippen LogP contribution is -2.47. The number of fused-ring (bicyclic) bond motifs is 3. The highest BCUT2D eigenvalue weighted by atomic mass is 16.5. The van der Waals surface area contributed by atoms with E-state index in [1.807, 2.05) is 0 Å². The first-order valence-corrected chi connectivity index (χ1v) is 10.6. The van der Waals surface area contributed by atoms with Crippen molar-refractivity contribution in [1.82, 2.24) is 24.4 Å². The molecule has 8 nitrogen and oxygen atoms in total. The molecule has 3 aromatic rings. The lowest BCUT2D eigenvalue weighted by Gasteiger charge is -2.47. The molecule has 1 aliphatic carbocycles. The Labute approximate surface area is 174 Å². The summed E-state index contributed by atoms with van der Waals surface area (Å²) in [7, 11) is 1.61. The molecule has 1 N–H and O–H groups in total. The molecule has 2 aliphatic heterocycles. The van der Waals surface area contributed by atoms with Crippen molar-refractivity contribution in [3.05, 3.63) is 52.1 Å². The van der Waals surface area contributed by atoms with Crippen LogP contribution in [0.2, 0.25) is 0 Å². The van der Waals surface area contributed by atoms with Crippen LogP contribution in [0, 0.1) is 11.8 Å². The van der Waals surface area contributed by atoms with Crippen molar-refractivity contribution in [1.29, 1.82) is 0 Å². The van der Waals surface area contributed by atoms with Crippen LogP contribution in [0.5, 0.6) is 6.01 Å². The van der Waals surface area contributed by atoms with Crippen molar-refractivity contribution < 1.29 is 9.47 Å². The van der Waals surface area contributed by atoms with Crippen LogP contribution in [0.25, 0.3) is 11.2 Å². The van der Waals surface area contributed by atoms with Crippen LogP contribution < -0.4 is 10.4 Å². The molecule has 0 spiro atoms. The minimum atomic E-state index is -0.204. The molecule has 8 heteroatoms. The van der Waals surface area contributed by atoms with E-state index < -0.39 is 0 Å². The fourth-order valence-corrected chi connectivity index (χ4v) is 4.66. The fourth-order valence-electron chi connectivity index (χ4n) is 4.66. The van der Waals surface area contributed by atoms with Gasteiger partial charge in [-0.25, -0.2) is 9.78 Å². The van der Waals surface area contributed by atoms with Gasteiger partial charge < -0.3 is 14.5 Å². The zero-order chi connectivity index (χ0) is 20.5. The number of hydrogen-bond donors (Lipinski definition) is 1. The summed E-state index contributed by atoms with van der Waals surface area (Å²) >= 11 is 0. The van der Waals surface area contributed by atoms with Gasteiger partial charge in [-0.15, -0.1) is 0 Å². The monoisotopic (exact) mass is 409 g/mol. The molecule has 2 saturated heterocycles. The molecule has 0 radical (unpaired) electrons. The van der Waals surface area contributed by atoms with E-state index in [0.29, 0.717) is 30.9 Å². The zero-order valence-electron chi connectivity index (χ0n) is 17.2. The van der Waals surface area contributed by atoms with Gasteiger partial charge in [0.05, 0.1) is 19.3 Å². The molecule has 0 unspecified atom stereocenters.